The first-order valence-electron chi connectivity index (χ1n) is 7.03. The Morgan fingerprint density at radius 3 is 2.41 bits per heavy atom. The number of nitrogens with one attached hydrogen (secondary N) is 1. The predicted molar refractivity (Wildman–Crippen MR) is 82.5 cm³/mol. The zero-order valence-electron chi connectivity index (χ0n) is 12.4. The first kappa shape index (κ1) is 16.4. The molecule has 0 aromatic heterocycles. The average Bonchev–Trinajstić information content (AvgIpc) is 2.54. The standard InChI is InChI=1S/C14H19N3O4S/c1-21-22(19,20)16-14(18)13(12-8-4-2-5-9-12)15-17-10-6-3-7-11-17/h2,4-5,8-9H,3,6-7,10-11H2,1H3,(H,16,18). The van der Waals surface area contributed by atoms with Gasteiger partial charge in [0.2, 0.25) is 0 Å². The maximum Gasteiger partial charge on any atom is 0.362 e. The van der Waals surface area contributed by atoms with E-state index in [-0.39, 0.29) is 5.71 Å². The number of hydrazone groups is 1. The van der Waals surface area contributed by atoms with Gasteiger partial charge < -0.3 is 0 Å². The van der Waals surface area contributed by atoms with E-state index in [1.165, 1.54) is 0 Å². The smallest absolute Gasteiger partial charge is 0.296 e. The fourth-order valence-electron chi connectivity index (χ4n) is 2.15. The highest BCUT2D eigenvalue weighted by Gasteiger charge is 2.22. The van der Waals surface area contributed by atoms with E-state index >= 15 is 0 Å². The lowest BCUT2D eigenvalue weighted by Crippen LogP contribution is -2.38. The Kier molecular flexibility index (Phi) is 5.51. The second-order valence-electron chi connectivity index (χ2n) is 4.88. The van der Waals surface area contributed by atoms with E-state index in [9.17, 15) is 13.2 Å². The molecule has 1 aliphatic rings. The van der Waals surface area contributed by atoms with Crippen molar-refractivity contribution in [2.75, 3.05) is 20.2 Å². The summed E-state index contributed by atoms with van der Waals surface area (Å²) < 4.78 is 28.9. The Morgan fingerprint density at radius 1 is 1.18 bits per heavy atom. The molecule has 1 amide bonds. The maximum atomic E-state index is 12.3. The monoisotopic (exact) mass is 325 g/mol. The lowest BCUT2D eigenvalue weighted by molar-refractivity contribution is -0.113. The number of carbonyl (C=O) groups is 1. The lowest BCUT2D eigenvalue weighted by Gasteiger charge is -2.24. The van der Waals surface area contributed by atoms with E-state index < -0.39 is 16.2 Å². The van der Waals surface area contributed by atoms with Crippen LogP contribution in [0.25, 0.3) is 0 Å². The molecule has 7 nitrogen and oxygen atoms in total. The summed E-state index contributed by atoms with van der Waals surface area (Å²) in [5.74, 6) is -0.807. The van der Waals surface area contributed by atoms with Crippen LogP contribution in [0.1, 0.15) is 24.8 Å². The van der Waals surface area contributed by atoms with Crippen molar-refractivity contribution in [1.29, 1.82) is 0 Å². The van der Waals surface area contributed by atoms with E-state index in [1.807, 2.05) is 10.8 Å². The summed E-state index contributed by atoms with van der Waals surface area (Å²) in [5, 5.41) is 6.14. The zero-order valence-corrected chi connectivity index (χ0v) is 13.2. The van der Waals surface area contributed by atoms with Crippen molar-refractivity contribution in [2.24, 2.45) is 5.10 Å². The van der Waals surface area contributed by atoms with Crippen molar-refractivity contribution >= 4 is 21.9 Å². The van der Waals surface area contributed by atoms with Gasteiger partial charge in [0.05, 0.1) is 7.11 Å². The third-order valence-corrected chi connectivity index (χ3v) is 4.15. The highest BCUT2D eigenvalue weighted by molar-refractivity contribution is 7.85. The van der Waals surface area contributed by atoms with Gasteiger partial charge in [-0.25, -0.2) is 4.72 Å². The van der Waals surface area contributed by atoms with Crippen LogP contribution in [0.5, 0.6) is 0 Å². The molecule has 0 radical (unpaired) electrons. The minimum atomic E-state index is -4.11. The van der Waals surface area contributed by atoms with Crippen LogP contribution in [0.15, 0.2) is 35.4 Å². The number of hydrogen-bond donors (Lipinski definition) is 1. The van der Waals surface area contributed by atoms with Crippen LogP contribution in [-0.4, -0.2) is 45.2 Å². The van der Waals surface area contributed by atoms with Gasteiger partial charge in [0.1, 0.15) is 0 Å². The van der Waals surface area contributed by atoms with Crippen LogP contribution in [0.4, 0.5) is 0 Å². The van der Waals surface area contributed by atoms with Crippen LogP contribution >= 0.6 is 0 Å². The summed E-state index contributed by atoms with van der Waals surface area (Å²) in [7, 11) is -3.13. The van der Waals surface area contributed by atoms with Crippen molar-refractivity contribution in [1.82, 2.24) is 9.73 Å². The van der Waals surface area contributed by atoms with Crippen molar-refractivity contribution in [3.8, 4) is 0 Å². The first-order chi connectivity index (χ1) is 10.5. The van der Waals surface area contributed by atoms with Crippen molar-refractivity contribution < 1.29 is 17.4 Å². The molecule has 1 aromatic carbocycles. The van der Waals surface area contributed by atoms with Gasteiger partial charge in [-0.1, -0.05) is 30.3 Å². The largest absolute Gasteiger partial charge is 0.362 e. The molecule has 1 aromatic rings. The molecule has 0 atom stereocenters. The maximum absolute atomic E-state index is 12.3. The average molecular weight is 325 g/mol. The molecule has 0 saturated carbocycles. The zero-order chi connectivity index (χ0) is 16.0. The number of amides is 1. The van der Waals surface area contributed by atoms with Crippen molar-refractivity contribution in [3.63, 3.8) is 0 Å². The molecule has 0 aliphatic carbocycles. The van der Waals surface area contributed by atoms with E-state index in [2.05, 4.69) is 9.28 Å². The highest BCUT2D eigenvalue weighted by atomic mass is 32.2. The third-order valence-electron chi connectivity index (χ3n) is 3.27. The molecular weight excluding hydrogens is 306 g/mol. The number of piperidine rings is 1. The van der Waals surface area contributed by atoms with Gasteiger partial charge in [-0.3, -0.25) is 14.0 Å². The topological polar surface area (TPSA) is 88.1 Å². The van der Waals surface area contributed by atoms with Gasteiger partial charge in [-0.05, 0) is 19.3 Å². The summed E-state index contributed by atoms with van der Waals surface area (Å²) in [6.45, 7) is 1.50. The molecule has 1 fully saturated rings. The summed E-state index contributed by atoms with van der Waals surface area (Å²) in [6.07, 6.45) is 3.14. The van der Waals surface area contributed by atoms with Gasteiger partial charge >= 0.3 is 10.3 Å². The molecule has 1 saturated heterocycles. The van der Waals surface area contributed by atoms with E-state index in [0.29, 0.717) is 5.56 Å². The second kappa shape index (κ2) is 7.37. The third kappa shape index (κ3) is 4.54. The first-order valence-corrected chi connectivity index (χ1v) is 8.44. The summed E-state index contributed by atoms with van der Waals surface area (Å²) in [4.78, 5) is 12.3. The second-order valence-corrected chi connectivity index (χ2v) is 6.33. The van der Waals surface area contributed by atoms with Gasteiger partial charge in [0, 0.05) is 18.7 Å². The molecule has 0 spiro atoms. The summed E-state index contributed by atoms with van der Waals surface area (Å²) in [5.41, 5.74) is 0.611. The molecule has 0 unspecified atom stereocenters. The minimum absolute atomic E-state index is 0.0584. The summed E-state index contributed by atoms with van der Waals surface area (Å²) >= 11 is 0. The molecule has 120 valence electrons. The van der Waals surface area contributed by atoms with Crippen LogP contribution in [0.3, 0.4) is 0 Å². The minimum Gasteiger partial charge on any atom is -0.296 e. The number of nitrogens with zero attached hydrogens (tertiary/aromatic N) is 2. The van der Waals surface area contributed by atoms with Crippen LogP contribution in [0, 0.1) is 0 Å². The fourth-order valence-corrected chi connectivity index (χ4v) is 2.56. The van der Waals surface area contributed by atoms with Gasteiger partial charge in [0.15, 0.2) is 5.71 Å². The van der Waals surface area contributed by atoms with E-state index in [1.54, 1.807) is 29.3 Å². The van der Waals surface area contributed by atoms with Crippen LogP contribution in [0.2, 0.25) is 0 Å². The van der Waals surface area contributed by atoms with Crippen LogP contribution in [-0.2, 0) is 19.3 Å². The number of rotatable bonds is 5. The molecule has 2 rings (SSSR count). The molecule has 1 heterocycles. The Balaban J connectivity index is 2.29. The van der Waals surface area contributed by atoms with Crippen molar-refractivity contribution in [3.05, 3.63) is 35.9 Å². The highest BCUT2D eigenvalue weighted by Crippen LogP contribution is 2.11. The lowest BCUT2D eigenvalue weighted by atomic mass is 10.1. The van der Waals surface area contributed by atoms with E-state index in [0.717, 1.165) is 39.5 Å². The Bertz CT molecular complexity index is 637. The predicted octanol–water partition coefficient (Wildman–Crippen LogP) is 0.884. The Labute approximate surface area is 130 Å². The molecular formula is C14H19N3O4S. The van der Waals surface area contributed by atoms with Gasteiger partial charge in [-0.2, -0.15) is 13.5 Å². The van der Waals surface area contributed by atoms with Gasteiger partial charge in [-0.15, -0.1) is 0 Å². The quantitative estimate of drug-likeness (QED) is 0.812. The number of carbonyl (C=O) groups excluding carboxylic acids is 1. The molecule has 8 heteroatoms. The Hall–Kier alpha value is -1.93. The summed E-state index contributed by atoms with van der Waals surface area (Å²) in [6, 6.07) is 8.76. The molecule has 22 heavy (non-hydrogen) atoms. The Morgan fingerprint density at radius 2 is 1.82 bits per heavy atom. The van der Waals surface area contributed by atoms with Gasteiger partial charge in [0.25, 0.3) is 5.91 Å². The molecule has 0 bridgehead atoms. The molecule has 1 aliphatic heterocycles. The number of hydrogen-bond acceptors (Lipinski definition) is 6. The molecule has 1 N–H and O–H groups in total. The van der Waals surface area contributed by atoms with Crippen LogP contribution < -0.4 is 4.72 Å². The fraction of sp³-hybridized carbons (Fsp3) is 0.429. The number of benzene rings is 1. The van der Waals surface area contributed by atoms with E-state index in [4.69, 9.17) is 0 Å². The SMILES string of the molecule is COS(=O)(=O)NC(=O)C(=NN1CCCCC1)c1ccccc1. The normalized spacial score (nSPS) is 16.4. The van der Waals surface area contributed by atoms with Crippen molar-refractivity contribution in [2.45, 2.75) is 19.3 Å².